The number of anilines is 1. The third kappa shape index (κ3) is 4.99. The number of benzene rings is 2. The fraction of sp³-hybridized carbons (Fsp3) is 0.261. The lowest BCUT2D eigenvalue weighted by Crippen LogP contribution is -2.46. The van der Waals surface area contributed by atoms with Gasteiger partial charge in [0.05, 0.1) is 11.4 Å². The summed E-state index contributed by atoms with van der Waals surface area (Å²) in [5.41, 5.74) is 2.48. The molecule has 1 saturated heterocycles. The van der Waals surface area contributed by atoms with Gasteiger partial charge in [0.15, 0.2) is 0 Å². The van der Waals surface area contributed by atoms with Crippen molar-refractivity contribution in [2.45, 2.75) is 24.6 Å². The Morgan fingerprint density at radius 3 is 2.53 bits per heavy atom. The fourth-order valence-corrected chi connectivity index (χ4v) is 6.75. The van der Waals surface area contributed by atoms with Crippen molar-refractivity contribution in [3.63, 3.8) is 0 Å². The molecule has 4 rings (SSSR count). The maximum atomic E-state index is 13.6. The van der Waals surface area contributed by atoms with Crippen molar-refractivity contribution >= 4 is 44.6 Å². The van der Waals surface area contributed by atoms with Crippen molar-refractivity contribution < 1.29 is 18.3 Å². The number of aromatic carboxylic acids is 1. The molecule has 1 fully saturated rings. The number of piperidine rings is 1. The summed E-state index contributed by atoms with van der Waals surface area (Å²) in [5.74, 6) is -1.14. The van der Waals surface area contributed by atoms with Gasteiger partial charge in [0.25, 0.3) is 0 Å². The van der Waals surface area contributed by atoms with E-state index in [2.05, 4.69) is 5.32 Å². The Balaban J connectivity index is 1.74. The highest BCUT2D eigenvalue weighted by molar-refractivity contribution is 7.92. The number of hydrogen-bond acceptors (Lipinski definition) is 5. The van der Waals surface area contributed by atoms with Gasteiger partial charge in [-0.05, 0) is 72.8 Å². The third-order valence-corrected chi connectivity index (χ3v) is 8.43. The van der Waals surface area contributed by atoms with Crippen molar-refractivity contribution in [1.82, 2.24) is 5.32 Å². The van der Waals surface area contributed by atoms with Gasteiger partial charge in [-0.1, -0.05) is 35.9 Å². The second kappa shape index (κ2) is 9.62. The molecule has 0 amide bonds. The Morgan fingerprint density at radius 1 is 1.12 bits per heavy atom. The maximum absolute atomic E-state index is 13.6. The van der Waals surface area contributed by atoms with Crippen LogP contribution in [0, 0.1) is 0 Å². The number of nitrogens with zero attached hydrogens (tertiary/aromatic N) is 1. The number of nitrogens with one attached hydrogen (secondary N) is 1. The van der Waals surface area contributed by atoms with Crippen molar-refractivity contribution in [3.05, 3.63) is 75.4 Å². The van der Waals surface area contributed by atoms with Crippen LogP contribution < -0.4 is 9.62 Å². The van der Waals surface area contributed by atoms with Gasteiger partial charge in [-0.3, -0.25) is 4.31 Å². The molecule has 3 aromatic rings. The molecular weight excluding hydrogens is 468 g/mol. The van der Waals surface area contributed by atoms with E-state index in [1.165, 1.54) is 4.31 Å². The van der Waals surface area contributed by atoms with E-state index in [0.717, 1.165) is 24.4 Å². The first kappa shape index (κ1) is 22.8. The molecule has 0 unspecified atom stereocenters. The lowest BCUT2D eigenvalue weighted by Gasteiger charge is -2.35. The average molecular weight is 491 g/mol. The Hall–Kier alpha value is -2.39. The molecule has 2 aromatic carbocycles. The van der Waals surface area contributed by atoms with Crippen LogP contribution in [0.15, 0.2) is 60.0 Å². The number of carboxylic acid groups (broad SMARTS) is 1. The number of halogens is 1. The largest absolute Gasteiger partial charge is 0.477 e. The van der Waals surface area contributed by atoms with E-state index in [1.54, 1.807) is 53.9 Å². The van der Waals surface area contributed by atoms with Crippen LogP contribution in [0.25, 0.3) is 11.1 Å². The number of rotatable bonds is 7. The summed E-state index contributed by atoms with van der Waals surface area (Å²) in [6.07, 6.45) is 1.39. The van der Waals surface area contributed by atoms with Gasteiger partial charge >= 0.3 is 5.97 Å². The molecule has 9 heteroatoms. The first-order valence-corrected chi connectivity index (χ1v) is 13.1. The summed E-state index contributed by atoms with van der Waals surface area (Å²) >= 11 is 7.11. The minimum Gasteiger partial charge on any atom is -0.477 e. The Bertz CT molecular complexity index is 1200. The molecule has 0 atom stereocenters. The van der Waals surface area contributed by atoms with Crippen LogP contribution in [0.1, 0.15) is 28.1 Å². The highest BCUT2D eigenvalue weighted by Crippen LogP contribution is 2.34. The van der Waals surface area contributed by atoms with Gasteiger partial charge in [-0.25, -0.2) is 13.2 Å². The van der Waals surface area contributed by atoms with Crippen molar-refractivity contribution in [1.29, 1.82) is 0 Å². The number of thiophene rings is 1. The number of carbonyl (C=O) groups is 1. The van der Waals surface area contributed by atoms with E-state index in [9.17, 15) is 18.3 Å². The lowest BCUT2D eigenvalue weighted by atomic mass is 10.0. The topological polar surface area (TPSA) is 86.7 Å². The van der Waals surface area contributed by atoms with Gasteiger partial charge in [0.1, 0.15) is 4.88 Å². The summed E-state index contributed by atoms with van der Waals surface area (Å²) in [5, 5.41) is 15.1. The van der Waals surface area contributed by atoms with Crippen LogP contribution in [0.5, 0.6) is 0 Å². The first-order valence-electron chi connectivity index (χ1n) is 10.2. The summed E-state index contributed by atoms with van der Waals surface area (Å²) in [4.78, 5) is 11.8. The maximum Gasteiger partial charge on any atom is 0.346 e. The van der Waals surface area contributed by atoms with E-state index < -0.39 is 16.0 Å². The highest BCUT2D eigenvalue weighted by atomic mass is 35.5. The van der Waals surface area contributed by atoms with Crippen molar-refractivity contribution in [3.8, 4) is 11.1 Å². The summed E-state index contributed by atoms with van der Waals surface area (Å²) < 4.78 is 28.8. The zero-order valence-corrected chi connectivity index (χ0v) is 19.6. The van der Waals surface area contributed by atoms with Gasteiger partial charge < -0.3 is 10.4 Å². The van der Waals surface area contributed by atoms with Crippen LogP contribution in [0.4, 0.5) is 5.69 Å². The van der Waals surface area contributed by atoms with Gasteiger partial charge in [0.2, 0.25) is 10.0 Å². The molecule has 32 heavy (non-hydrogen) atoms. The van der Waals surface area contributed by atoms with Crippen molar-refractivity contribution in [2.75, 3.05) is 17.4 Å². The first-order chi connectivity index (χ1) is 15.3. The highest BCUT2D eigenvalue weighted by Gasteiger charge is 2.32. The molecule has 0 radical (unpaired) electrons. The van der Waals surface area contributed by atoms with E-state index in [4.69, 9.17) is 11.6 Å². The Kier molecular flexibility index (Phi) is 6.85. The molecule has 0 spiro atoms. The second-order valence-electron chi connectivity index (χ2n) is 7.68. The van der Waals surface area contributed by atoms with E-state index >= 15 is 0 Å². The zero-order chi connectivity index (χ0) is 22.7. The average Bonchev–Trinajstić information content (AvgIpc) is 3.27. The molecule has 1 aromatic heterocycles. The lowest BCUT2D eigenvalue weighted by molar-refractivity contribution is 0.0703. The van der Waals surface area contributed by atoms with Crippen LogP contribution in [-0.4, -0.2) is 38.6 Å². The molecule has 0 aliphatic carbocycles. The molecule has 1 aliphatic rings. The Morgan fingerprint density at radius 2 is 1.84 bits per heavy atom. The van der Waals surface area contributed by atoms with Gasteiger partial charge in [0, 0.05) is 16.6 Å². The molecule has 0 saturated carbocycles. The van der Waals surface area contributed by atoms with Crippen molar-refractivity contribution in [2.24, 2.45) is 0 Å². The minimum absolute atomic E-state index is 0.142. The molecule has 168 valence electrons. The number of hydrogen-bond donors (Lipinski definition) is 2. The molecule has 0 bridgehead atoms. The molecular formula is C23H23ClN2O4S2. The molecule has 2 heterocycles. The molecule has 2 N–H and O–H groups in total. The fourth-order valence-electron chi connectivity index (χ4n) is 4.01. The third-order valence-electron chi connectivity index (χ3n) is 5.47. The summed E-state index contributed by atoms with van der Waals surface area (Å²) in [6, 6.07) is 15.5. The summed E-state index contributed by atoms with van der Waals surface area (Å²) in [7, 11) is -3.70. The second-order valence-corrected chi connectivity index (χ2v) is 10.9. The van der Waals surface area contributed by atoms with Gasteiger partial charge in [-0.2, -0.15) is 0 Å². The van der Waals surface area contributed by atoms with Crippen LogP contribution in [0.2, 0.25) is 5.02 Å². The van der Waals surface area contributed by atoms with Gasteiger partial charge in [-0.15, -0.1) is 11.3 Å². The summed E-state index contributed by atoms with van der Waals surface area (Å²) in [6.45, 7) is 1.48. The predicted molar refractivity (Wildman–Crippen MR) is 129 cm³/mol. The molecule has 1 aliphatic heterocycles. The number of sulfonamides is 1. The SMILES string of the molecule is O=C(O)c1sccc1-c1cccc(N(C2CCNCC2)S(=O)(=O)Cc2ccc(Cl)cc2)c1. The van der Waals surface area contributed by atoms with Crippen LogP contribution in [0.3, 0.4) is 0 Å². The van der Waals surface area contributed by atoms with Crippen LogP contribution >= 0.6 is 22.9 Å². The van der Waals surface area contributed by atoms with E-state index in [-0.39, 0.29) is 16.7 Å². The normalized spacial score (nSPS) is 14.9. The number of carboxylic acids is 1. The molecule has 6 nitrogen and oxygen atoms in total. The Labute approximate surface area is 196 Å². The van der Waals surface area contributed by atoms with Crippen LogP contribution in [-0.2, 0) is 15.8 Å². The predicted octanol–water partition coefficient (Wildman–Crippen LogP) is 4.86. The minimum atomic E-state index is -3.70. The monoisotopic (exact) mass is 490 g/mol. The quantitative estimate of drug-likeness (QED) is 0.494. The van der Waals surface area contributed by atoms with E-state index in [1.807, 2.05) is 6.07 Å². The smallest absolute Gasteiger partial charge is 0.346 e. The zero-order valence-electron chi connectivity index (χ0n) is 17.2. The standard InChI is InChI=1S/C23H23ClN2O4S2/c24-18-6-4-16(5-7-18)15-32(29,30)26(19-8-11-25-12-9-19)20-3-1-2-17(14-20)21-10-13-31-22(21)23(27)28/h1-7,10,13-14,19,25H,8-9,11-12,15H2,(H,27,28). The van der Waals surface area contributed by atoms with E-state index in [0.29, 0.717) is 40.2 Å².